The first-order valence-corrected chi connectivity index (χ1v) is 15.3. The van der Waals surface area contributed by atoms with Crippen LogP contribution in [-0.4, -0.2) is 4.57 Å². The van der Waals surface area contributed by atoms with Gasteiger partial charge in [0.25, 0.3) is 0 Å². The molecule has 44 heavy (non-hydrogen) atoms. The second-order valence-corrected chi connectivity index (χ2v) is 11.9. The van der Waals surface area contributed by atoms with Crippen molar-refractivity contribution in [2.45, 2.75) is 0 Å². The molecule has 206 valence electrons. The molecule has 0 aliphatic carbocycles. The van der Waals surface area contributed by atoms with E-state index in [2.05, 4.69) is 162 Å². The summed E-state index contributed by atoms with van der Waals surface area (Å²) in [5.41, 5.74) is 8.01. The first-order valence-electron chi connectivity index (χ1n) is 15.0. The molecule has 0 aliphatic rings. The number of fused-ring (bicyclic) bond motifs is 9. The number of rotatable bonds is 3. The third-order valence-electron chi connectivity index (χ3n) is 9.00. The van der Waals surface area contributed by atoms with Crippen LogP contribution in [0.4, 0.5) is 0 Å². The quantitative estimate of drug-likeness (QED) is 0.183. The normalized spacial score (nSPS) is 11.8. The Morgan fingerprint density at radius 2 is 0.841 bits per heavy atom. The van der Waals surface area contributed by atoms with Crippen molar-refractivity contribution in [3.63, 3.8) is 0 Å². The van der Waals surface area contributed by atoms with Gasteiger partial charge in [0, 0.05) is 21.5 Å². The fourth-order valence-electron chi connectivity index (χ4n) is 7.02. The van der Waals surface area contributed by atoms with Gasteiger partial charge in [-0.05, 0) is 91.0 Å². The van der Waals surface area contributed by atoms with Gasteiger partial charge in [0.1, 0.15) is 0 Å². The smallest absolute Gasteiger partial charge is 0.0547 e. The molecule has 0 aliphatic heterocycles. The Bertz CT molecular complexity index is 2520. The maximum Gasteiger partial charge on any atom is 0.0547 e. The second kappa shape index (κ2) is 9.84. The zero-order valence-electron chi connectivity index (χ0n) is 23.8. The predicted molar refractivity (Wildman–Crippen MR) is 189 cm³/mol. The van der Waals surface area contributed by atoms with Crippen LogP contribution in [0.5, 0.6) is 0 Å². The molecule has 2 heteroatoms. The number of benzene rings is 8. The molecule has 1 nitrogen and oxygen atoms in total. The molecule has 8 aromatic carbocycles. The molecule has 1 aromatic heterocycles. The van der Waals surface area contributed by atoms with Gasteiger partial charge in [0.15, 0.2) is 0 Å². The van der Waals surface area contributed by atoms with Crippen LogP contribution in [0.25, 0.3) is 82.1 Å². The molecule has 0 radical (unpaired) electrons. The summed E-state index contributed by atoms with van der Waals surface area (Å²) in [6.07, 6.45) is 0. The molecule has 0 saturated heterocycles. The minimum absolute atomic E-state index is 0.714. The lowest BCUT2D eigenvalue weighted by atomic mass is 9.92. The fraction of sp³-hybridized carbons (Fsp3) is 0. The average Bonchev–Trinajstić information content (AvgIpc) is 3.42. The highest BCUT2D eigenvalue weighted by molar-refractivity contribution is 6.31. The molecule has 0 saturated carbocycles. The topological polar surface area (TPSA) is 4.93 Å². The average molecular weight is 580 g/mol. The molecular formula is C42H26ClN. The molecule has 1 heterocycles. The van der Waals surface area contributed by atoms with Gasteiger partial charge < -0.3 is 4.57 Å². The zero-order chi connectivity index (χ0) is 29.2. The van der Waals surface area contributed by atoms with Crippen LogP contribution < -0.4 is 0 Å². The summed E-state index contributed by atoms with van der Waals surface area (Å²) in [5.74, 6) is 0. The van der Waals surface area contributed by atoms with E-state index in [1.165, 1.54) is 54.2 Å². The Labute approximate surface area is 260 Å². The Balaban J connectivity index is 1.29. The van der Waals surface area contributed by atoms with E-state index in [0.29, 0.717) is 5.02 Å². The SMILES string of the molecule is Clc1cc(-c2ccc3c4ccccc4c4ccccc4c3c2)cc(-n2c3ccccc3c3ccc(-c4ccccc4)cc32)c1. The van der Waals surface area contributed by atoms with Crippen molar-refractivity contribution in [1.82, 2.24) is 4.57 Å². The second-order valence-electron chi connectivity index (χ2n) is 11.5. The highest BCUT2D eigenvalue weighted by Crippen LogP contribution is 2.39. The van der Waals surface area contributed by atoms with Crippen molar-refractivity contribution in [3.05, 3.63) is 163 Å². The van der Waals surface area contributed by atoms with Crippen LogP contribution in [0.1, 0.15) is 0 Å². The first kappa shape index (κ1) is 25.2. The Hall–Kier alpha value is -5.37. The highest BCUT2D eigenvalue weighted by Gasteiger charge is 2.16. The standard InChI is InChI=1S/C42H26ClN/c43-31-22-30(28-18-20-37-35-14-5-4-12-33(35)34-13-6-7-15-36(34)40(37)24-28)23-32(26-31)44-41-17-9-8-16-38(41)39-21-19-29(25-42(39)44)27-10-2-1-3-11-27/h1-26H. The van der Waals surface area contributed by atoms with E-state index >= 15 is 0 Å². The largest absolute Gasteiger partial charge is 0.309 e. The van der Waals surface area contributed by atoms with E-state index in [4.69, 9.17) is 11.6 Å². The molecule has 0 unspecified atom stereocenters. The molecular weight excluding hydrogens is 554 g/mol. The molecule has 0 fully saturated rings. The zero-order valence-corrected chi connectivity index (χ0v) is 24.6. The Morgan fingerprint density at radius 3 is 1.55 bits per heavy atom. The van der Waals surface area contributed by atoms with Crippen molar-refractivity contribution in [2.75, 3.05) is 0 Å². The van der Waals surface area contributed by atoms with Gasteiger partial charge in [-0.15, -0.1) is 0 Å². The minimum atomic E-state index is 0.714. The number of hydrogen-bond donors (Lipinski definition) is 0. The van der Waals surface area contributed by atoms with E-state index in [-0.39, 0.29) is 0 Å². The minimum Gasteiger partial charge on any atom is -0.309 e. The maximum atomic E-state index is 6.92. The van der Waals surface area contributed by atoms with E-state index in [0.717, 1.165) is 27.8 Å². The van der Waals surface area contributed by atoms with E-state index in [1.54, 1.807) is 0 Å². The summed E-state index contributed by atoms with van der Waals surface area (Å²) in [6, 6.07) is 56.7. The molecule has 9 aromatic rings. The van der Waals surface area contributed by atoms with Crippen LogP contribution in [0.2, 0.25) is 5.02 Å². The number of halogens is 1. The van der Waals surface area contributed by atoms with Gasteiger partial charge >= 0.3 is 0 Å². The van der Waals surface area contributed by atoms with Crippen molar-refractivity contribution < 1.29 is 0 Å². The number of para-hydroxylation sites is 1. The van der Waals surface area contributed by atoms with Crippen LogP contribution in [0.3, 0.4) is 0 Å². The maximum absolute atomic E-state index is 6.92. The predicted octanol–water partition coefficient (Wildman–Crippen LogP) is 12.2. The lowest BCUT2D eigenvalue weighted by Gasteiger charge is -2.14. The number of hydrogen-bond acceptors (Lipinski definition) is 0. The molecule has 0 amide bonds. The number of nitrogens with zero attached hydrogens (tertiary/aromatic N) is 1. The summed E-state index contributed by atoms with van der Waals surface area (Å²) in [5, 5.41) is 10.8. The third-order valence-corrected chi connectivity index (χ3v) is 9.22. The van der Waals surface area contributed by atoms with Gasteiger partial charge in [0.2, 0.25) is 0 Å². The fourth-order valence-corrected chi connectivity index (χ4v) is 7.25. The van der Waals surface area contributed by atoms with Gasteiger partial charge in [0.05, 0.1) is 11.0 Å². The van der Waals surface area contributed by atoms with Gasteiger partial charge in [-0.2, -0.15) is 0 Å². The molecule has 0 spiro atoms. The lowest BCUT2D eigenvalue weighted by molar-refractivity contribution is 1.18. The van der Waals surface area contributed by atoms with E-state index in [9.17, 15) is 0 Å². The third kappa shape index (κ3) is 3.87. The summed E-state index contributed by atoms with van der Waals surface area (Å²) < 4.78 is 2.36. The Morgan fingerprint density at radius 1 is 0.318 bits per heavy atom. The van der Waals surface area contributed by atoms with Crippen molar-refractivity contribution in [2.24, 2.45) is 0 Å². The van der Waals surface area contributed by atoms with Crippen LogP contribution in [0, 0.1) is 0 Å². The van der Waals surface area contributed by atoms with E-state index in [1.807, 2.05) is 0 Å². The monoisotopic (exact) mass is 579 g/mol. The van der Waals surface area contributed by atoms with Gasteiger partial charge in [-0.3, -0.25) is 0 Å². The first-order chi connectivity index (χ1) is 21.7. The summed E-state index contributed by atoms with van der Waals surface area (Å²) in [7, 11) is 0. The number of aromatic nitrogens is 1. The molecule has 9 rings (SSSR count). The van der Waals surface area contributed by atoms with Crippen LogP contribution in [0.15, 0.2) is 158 Å². The highest BCUT2D eigenvalue weighted by atomic mass is 35.5. The summed E-state index contributed by atoms with van der Waals surface area (Å²) >= 11 is 6.92. The summed E-state index contributed by atoms with van der Waals surface area (Å²) in [4.78, 5) is 0. The van der Waals surface area contributed by atoms with Crippen molar-refractivity contribution in [3.8, 4) is 27.9 Å². The molecule has 0 N–H and O–H groups in total. The van der Waals surface area contributed by atoms with E-state index < -0.39 is 0 Å². The Kier molecular flexibility index (Phi) is 5.63. The molecule has 0 bridgehead atoms. The van der Waals surface area contributed by atoms with Crippen LogP contribution >= 0.6 is 11.6 Å². The van der Waals surface area contributed by atoms with Gasteiger partial charge in [-0.25, -0.2) is 0 Å². The van der Waals surface area contributed by atoms with Crippen molar-refractivity contribution in [1.29, 1.82) is 0 Å². The lowest BCUT2D eigenvalue weighted by Crippen LogP contribution is -1.95. The van der Waals surface area contributed by atoms with Gasteiger partial charge in [-0.1, -0.05) is 133 Å². The molecule has 0 atom stereocenters. The van der Waals surface area contributed by atoms with Crippen molar-refractivity contribution >= 4 is 65.7 Å². The van der Waals surface area contributed by atoms with Crippen LogP contribution in [-0.2, 0) is 0 Å². The summed E-state index contributed by atoms with van der Waals surface area (Å²) in [6.45, 7) is 0.